The lowest BCUT2D eigenvalue weighted by Crippen LogP contribution is -2.14. The highest BCUT2D eigenvalue weighted by Gasteiger charge is 2.19. The topological polar surface area (TPSA) is 82.1 Å². The van der Waals surface area contributed by atoms with Crippen molar-refractivity contribution in [1.82, 2.24) is 0 Å². The number of hydrogen-bond acceptors (Lipinski definition) is 6. The van der Waals surface area contributed by atoms with E-state index in [4.69, 9.17) is 14.2 Å². The third-order valence-corrected chi connectivity index (χ3v) is 7.45. The first kappa shape index (κ1) is 35.3. The Kier molecular flexibility index (Phi) is 14.0. The first-order valence-electron chi connectivity index (χ1n) is 15.5. The molecule has 3 aromatic rings. The lowest BCUT2D eigenvalue weighted by atomic mass is 9.92. The Hall–Kier alpha value is -4.23. The maximum Gasteiger partial charge on any atom is 0.333 e. The molecule has 0 heterocycles. The summed E-state index contributed by atoms with van der Waals surface area (Å²) in [5.41, 5.74) is 7.14. The highest BCUT2D eigenvalue weighted by molar-refractivity contribution is 5.87. The van der Waals surface area contributed by atoms with Gasteiger partial charge in [0.2, 0.25) is 0 Å². The van der Waals surface area contributed by atoms with Gasteiger partial charge in [-0.1, -0.05) is 74.7 Å². The molecule has 0 fully saturated rings. The molecule has 0 aliphatic heterocycles. The standard InChI is InChI=1S/C38H45FO6/c1-6-31-25-30(9-7-21-40)16-19-33(31)34-20-18-32(35(39)36(34)43-23-24-45-38(42)27(4)5)17-15-29-13-11-28(12-14-29)10-8-22-44-37(41)26(2)3/h11-14,16,18-20,25,40H,2,4,6-10,15,17,21-24H2,1,3,5H3. The van der Waals surface area contributed by atoms with E-state index in [0.29, 0.717) is 42.6 Å². The largest absolute Gasteiger partial charge is 0.486 e. The van der Waals surface area contributed by atoms with Crippen molar-refractivity contribution < 1.29 is 33.3 Å². The Morgan fingerprint density at radius 3 is 1.91 bits per heavy atom. The van der Waals surface area contributed by atoms with Crippen LogP contribution in [0.2, 0.25) is 0 Å². The molecule has 7 heteroatoms. The summed E-state index contributed by atoms with van der Waals surface area (Å²) < 4.78 is 32.5. The van der Waals surface area contributed by atoms with E-state index < -0.39 is 11.8 Å². The summed E-state index contributed by atoms with van der Waals surface area (Å²) in [5.74, 6) is -1.18. The Morgan fingerprint density at radius 2 is 1.29 bits per heavy atom. The molecule has 0 amide bonds. The quantitative estimate of drug-likeness (QED) is 0.0917. The number of ether oxygens (including phenoxy) is 3. The lowest BCUT2D eigenvalue weighted by molar-refractivity contribution is -0.140. The SMILES string of the molecule is C=C(C)C(=O)OCCCc1ccc(CCc2ccc(-c3ccc(CCCO)cc3CC)c(OCCOC(=O)C(=C)C)c2F)cc1. The van der Waals surface area contributed by atoms with Crippen molar-refractivity contribution in [3.8, 4) is 16.9 Å². The van der Waals surface area contributed by atoms with Crippen LogP contribution in [0.25, 0.3) is 11.1 Å². The summed E-state index contributed by atoms with van der Waals surface area (Å²) in [5, 5.41) is 9.23. The van der Waals surface area contributed by atoms with Crippen molar-refractivity contribution in [2.24, 2.45) is 0 Å². The second-order valence-corrected chi connectivity index (χ2v) is 11.2. The molecule has 6 nitrogen and oxygen atoms in total. The minimum atomic E-state index is -0.517. The Morgan fingerprint density at radius 1 is 0.711 bits per heavy atom. The molecule has 0 radical (unpaired) electrons. The number of halogens is 1. The van der Waals surface area contributed by atoms with Crippen LogP contribution >= 0.6 is 0 Å². The summed E-state index contributed by atoms with van der Waals surface area (Å²) >= 11 is 0. The number of carbonyl (C=O) groups is 2. The van der Waals surface area contributed by atoms with E-state index in [-0.39, 0.29) is 37.1 Å². The summed E-state index contributed by atoms with van der Waals surface area (Å²) in [4.78, 5) is 23.3. The molecule has 240 valence electrons. The lowest BCUT2D eigenvalue weighted by Gasteiger charge is -2.18. The second-order valence-electron chi connectivity index (χ2n) is 11.2. The molecular weight excluding hydrogens is 571 g/mol. The van der Waals surface area contributed by atoms with E-state index in [1.54, 1.807) is 13.8 Å². The van der Waals surface area contributed by atoms with Crippen molar-refractivity contribution in [1.29, 1.82) is 0 Å². The van der Waals surface area contributed by atoms with Crippen LogP contribution in [0.4, 0.5) is 4.39 Å². The van der Waals surface area contributed by atoms with Crippen LogP contribution in [-0.2, 0) is 51.2 Å². The summed E-state index contributed by atoms with van der Waals surface area (Å²) in [6.45, 7) is 12.9. The third-order valence-electron chi connectivity index (χ3n) is 7.45. The van der Waals surface area contributed by atoms with E-state index in [2.05, 4.69) is 26.1 Å². The molecule has 1 N–H and O–H groups in total. The van der Waals surface area contributed by atoms with E-state index >= 15 is 4.39 Å². The molecule has 3 rings (SSSR count). The number of benzene rings is 3. The Labute approximate surface area is 266 Å². The van der Waals surface area contributed by atoms with E-state index in [9.17, 15) is 14.7 Å². The molecule has 0 saturated carbocycles. The van der Waals surface area contributed by atoms with Gasteiger partial charge in [-0.05, 0) is 92.2 Å². The fourth-order valence-electron chi connectivity index (χ4n) is 4.90. The van der Waals surface area contributed by atoms with E-state index in [0.717, 1.165) is 53.5 Å². The number of hydrogen-bond donors (Lipinski definition) is 1. The highest BCUT2D eigenvalue weighted by atomic mass is 19.1. The van der Waals surface area contributed by atoms with Gasteiger partial charge in [0, 0.05) is 23.3 Å². The minimum Gasteiger partial charge on any atom is -0.486 e. The van der Waals surface area contributed by atoms with Crippen molar-refractivity contribution in [2.75, 3.05) is 26.4 Å². The van der Waals surface area contributed by atoms with Crippen LogP contribution < -0.4 is 4.74 Å². The molecule has 0 aromatic heterocycles. The molecule has 0 aliphatic carbocycles. The van der Waals surface area contributed by atoms with Crippen LogP contribution in [0, 0.1) is 5.82 Å². The molecule has 0 atom stereocenters. The van der Waals surface area contributed by atoms with Crippen molar-refractivity contribution in [3.05, 3.63) is 113 Å². The number of aliphatic hydroxyl groups excluding tert-OH is 1. The average Bonchev–Trinajstić information content (AvgIpc) is 3.04. The molecule has 45 heavy (non-hydrogen) atoms. The average molecular weight is 617 g/mol. The fraction of sp³-hybridized carbons (Fsp3) is 0.368. The Balaban J connectivity index is 1.76. The number of aryl methyl sites for hydroxylation is 5. The summed E-state index contributed by atoms with van der Waals surface area (Å²) in [6.07, 6.45) is 4.81. The van der Waals surface area contributed by atoms with Gasteiger partial charge in [-0.2, -0.15) is 0 Å². The van der Waals surface area contributed by atoms with Gasteiger partial charge in [0.25, 0.3) is 0 Å². The van der Waals surface area contributed by atoms with Crippen LogP contribution in [0.3, 0.4) is 0 Å². The van der Waals surface area contributed by atoms with Gasteiger partial charge in [0.15, 0.2) is 11.6 Å². The van der Waals surface area contributed by atoms with E-state index in [1.807, 2.05) is 48.5 Å². The van der Waals surface area contributed by atoms with Gasteiger partial charge in [-0.25, -0.2) is 14.0 Å². The van der Waals surface area contributed by atoms with Crippen molar-refractivity contribution in [2.45, 2.75) is 65.7 Å². The van der Waals surface area contributed by atoms with Crippen molar-refractivity contribution in [3.63, 3.8) is 0 Å². The van der Waals surface area contributed by atoms with Crippen LogP contribution in [0.5, 0.6) is 5.75 Å². The molecule has 3 aromatic carbocycles. The maximum absolute atomic E-state index is 16.1. The predicted molar refractivity (Wildman–Crippen MR) is 176 cm³/mol. The summed E-state index contributed by atoms with van der Waals surface area (Å²) in [7, 11) is 0. The fourth-order valence-corrected chi connectivity index (χ4v) is 4.90. The van der Waals surface area contributed by atoms with Crippen LogP contribution in [0.15, 0.2) is 78.9 Å². The van der Waals surface area contributed by atoms with Gasteiger partial charge in [-0.15, -0.1) is 0 Å². The first-order chi connectivity index (χ1) is 21.6. The first-order valence-corrected chi connectivity index (χ1v) is 15.5. The maximum atomic E-state index is 16.1. The van der Waals surface area contributed by atoms with Gasteiger partial charge in [-0.3, -0.25) is 0 Å². The number of aliphatic hydroxyl groups is 1. The Bertz CT molecular complexity index is 1470. The molecule has 0 saturated heterocycles. The second kappa shape index (κ2) is 17.9. The monoisotopic (exact) mass is 616 g/mol. The molecule has 0 unspecified atom stereocenters. The van der Waals surface area contributed by atoms with Crippen LogP contribution in [-0.4, -0.2) is 43.5 Å². The van der Waals surface area contributed by atoms with Crippen LogP contribution in [0.1, 0.15) is 61.4 Å². The number of carbonyl (C=O) groups excluding carboxylic acids is 2. The van der Waals surface area contributed by atoms with Gasteiger partial charge in [0.1, 0.15) is 13.2 Å². The zero-order valence-corrected chi connectivity index (χ0v) is 26.8. The van der Waals surface area contributed by atoms with E-state index in [1.165, 1.54) is 0 Å². The highest BCUT2D eigenvalue weighted by Crippen LogP contribution is 2.37. The van der Waals surface area contributed by atoms with Crippen molar-refractivity contribution >= 4 is 11.9 Å². The zero-order valence-electron chi connectivity index (χ0n) is 26.8. The smallest absolute Gasteiger partial charge is 0.333 e. The summed E-state index contributed by atoms with van der Waals surface area (Å²) in [6, 6.07) is 18.0. The molecular formula is C38H45FO6. The molecule has 0 spiro atoms. The van der Waals surface area contributed by atoms with Gasteiger partial charge >= 0.3 is 11.9 Å². The predicted octanol–water partition coefficient (Wildman–Crippen LogP) is 7.32. The number of rotatable bonds is 18. The minimum absolute atomic E-state index is 0.00368. The van der Waals surface area contributed by atoms with Gasteiger partial charge in [0.05, 0.1) is 6.61 Å². The molecule has 0 bridgehead atoms. The zero-order chi connectivity index (χ0) is 32.8. The molecule has 0 aliphatic rings. The third kappa shape index (κ3) is 10.7. The van der Waals surface area contributed by atoms with Gasteiger partial charge < -0.3 is 19.3 Å². The normalized spacial score (nSPS) is 10.8. The number of esters is 2.